The predicted octanol–water partition coefficient (Wildman–Crippen LogP) is 13.2. The van der Waals surface area contributed by atoms with Crippen molar-refractivity contribution in [2.45, 2.75) is 0 Å². The largest absolute Gasteiger partial charge is 0.455 e. The van der Waals surface area contributed by atoms with Crippen LogP contribution in [0.15, 0.2) is 192 Å². The van der Waals surface area contributed by atoms with Gasteiger partial charge in [-0.2, -0.15) is 0 Å². The highest BCUT2D eigenvalue weighted by molar-refractivity contribution is 6.22. The number of benzene rings is 8. The molecule has 1 aromatic heterocycles. The highest BCUT2D eigenvalue weighted by Gasteiger charge is 2.22. The summed E-state index contributed by atoms with van der Waals surface area (Å²) in [5, 5.41) is 4.45. The number of hydrogen-bond donors (Lipinski definition) is 0. The van der Waals surface area contributed by atoms with E-state index in [9.17, 15) is 0 Å². The molecule has 0 fully saturated rings. The van der Waals surface area contributed by atoms with E-state index in [2.05, 4.69) is 187 Å². The smallest absolute Gasteiger partial charge is 0.143 e. The lowest BCUT2D eigenvalue weighted by molar-refractivity contribution is 0.672. The molecule has 1 heterocycles. The molecule has 0 saturated heterocycles. The number of nitrogens with zero attached hydrogens (tertiary/aromatic N) is 1. The van der Waals surface area contributed by atoms with Crippen LogP contribution in [0.2, 0.25) is 0 Å². The number of furan rings is 1. The van der Waals surface area contributed by atoms with Gasteiger partial charge in [0.25, 0.3) is 0 Å². The zero-order valence-electron chi connectivity index (χ0n) is 26.3. The van der Waals surface area contributed by atoms with Crippen molar-refractivity contribution in [3.63, 3.8) is 0 Å². The molecule has 226 valence electrons. The first-order valence-corrected chi connectivity index (χ1v) is 16.4. The fourth-order valence-corrected chi connectivity index (χ4v) is 6.96. The second kappa shape index (κ2) is 11.8. The van der Waals surface area contributed by atoms with Crippen LogP contribution >= 0.6 is 0 Å². The summed E-state index contributed by atoms with van der Waals surface area (Å²) in [7, 11) is 0. The van der Waals surface area contributed by atoms with Crippen LogP contribution in [0.5, 0.6) is 0 Å². The lowest BCUT2D eigenvalue weighted by atomic mass is 9.94. The summed E-state index contributed by atoms with van der Waals surface area (Å²) in [4.78, 5) is 2.40. The van der Waals surface area contributed by atoms with E-state index < -0.39 is 0 Å². The van der Waals surface area contributed by atoms with Gasteiger partial charge in [0.05, 0.1) is 5.69 Å². The van der Waals surface area contributed by atoms with Crippen molar-refractivity contribution in [3.05, 3.63) is 188 Å². The van der Waals surface area contributed by atoms with E-state index in [1.807, 2.05) is 6.07 Å². The lowest BCUT2D eigenvalue weighted by Crippen LogP contribution is -2.11. The Bertz CT molecular complexity index is 2430. The van der Waals surface area contributed by atoms with Crippen LogP contribution in [0.3, 0.4) is 0 Å². The molecule has 0 radical (unpaired) electrons. The third kappa shape index (κ3) is 4.83. The van der Waals surface area contributed by atoms with Gasteiger partial charge in [0.1, 0.15) is 11.2 Å². The summed E-state index contributed by atoms with van der Waals surface area (Å²) in [6.45, 7) is 0. The summed E-state index contributed by atoms with van der Waals surface area (Å²) < 4.78 is 6.61. The Morgan fingerprint density at radius 2 is 0.833 bits per heavy atom. The number of anilines is 3. The van der Waals surface area contributed by atoms with Crippen molar-refractivity contribution in [1.29, 1.82) is 0 Å². The molecule has 2 heteroatoms. The molecule has 0 N–H and O–H groups in total. The van der Waals surface area contributed by atoms with E-state index in [1.165, 1.54) is 27.8 Å². The van der Waals surface area contributed by atoms with Crippen LogP contribution in [0.4, 0.5) is 17.1 Å². The molecule has 0 aliphatic heterocycles. The fraction of sp³-hybridized carbons (Fsp3) is 0. The first-order chi connectivity index (χ1) is 23.8. The minimum Gasteiger partial charge on any atom is -0.455 e. The molecule has 0 aliphatic carbocycles. The second-order valence-electron chi connectivity index (χ2n) is 12.1. The van der Waals surface area contributed by atoms with Crippen molar-refractivity contribution < 1.29 is 4.42 Å². The first-order valence-electron chi connectivity index (χ1n) is 16.4. The monoisotopic (exact) mass is 613 g/mol. The molecule has 48 heavy (non-hydrogen) atoms. The standard InChI is InChI=1S/C46H31NO/c1-4-13-32(14-5-1)34-23-27-37(28-24-34)47(38-29-25-35(26-30-38)33-15-6-2-7-16-33)43-31-42-40-19-10-11-22-44(40)48-46(42)41-21-12-20-39(45(41)43)36-17-8-3-9-18-36/h1-31H. The molecule has 0 unspecified atom stereocenters. The van der Waals surface area contributed by atoms with Crippen molar-refractivity contribution in [2.24, 2.45) is 0 Å². The Balaban J connectivity index is 1.34. The van der Waals surface area contributed by atoms with Crippen molar-refractivity contribution in [2.75, 3.05) is 4.90 Å². The maximum atomic E-state index is 6.61. The first kappa shape index (κ1) is 27.9. The Kier molecular flexibility index (Phi) is 6.84. The van der Waals surface area contributed by atoms with Gasteiger partial charge in [-0.05, 0) is 69.8 Å². The van der Waals surface area contributed by atoms with Crippen LogP contribution in [-0.2, 0) is 0 Å². The van der Waals surface area contributed by atoms with E-state index >= 15 is 0 Å². The molecule has 0 spiro atoms. The fourth-order valence-electron chi connectivity index (χ4n) is 6.96. The summed E-state index contributed by atoms with van der Waals surface area (Å²) in [5.74, 6) is 0. The molecule has 8 aromatic carbocycles. The molecule has 0 atom stereocenters. The van der Waals surface area contributed by atoms with Crippen LogP contribution < -0.4 is 4.90 Å². The van der Waals surface area contributed by atoms with Gasteiger partial charge in [-0.25, -0.2) is 0 Å². The lowest BCUT2D eigenvalue weighted by Gasteiger charge is -2.28. The van der Waals surface area contributed by atoms with Gasteiger partial charge in [-0.3, -0.25) is 0 Å². The topological polar surface area (TPSA) is 16.4 Å². The molecule has 0 amide bonds. The van der Waals surface area contributed by atoms with E-state index in [0.29, 0.717) is 0 Å². The van der Waals surface area contributed by atoms with Gasteiger partial charge in [0.15, 0.2) is 0 Å². The Morgan fingerprint density at radius 3 is 1.42 bits per heavy atom. The molecular formula is C46H31NO. The average molecular weight is 614 g/mol. The summed E-state index contributed by atoms with van der Waals surface area (Å²) in [5.41, 5.74) is 12.2. The number of fused-ring (bicyclic) bond motifs is 5. The maximum absolute atomic E-state index is 6.61. The Labute approximate surface area is 279 Å². The third-order valence-corrected chi connectivity index (χ3v) is 9.27. The van der Waals surface area contributed by atoms with Crippen molar-refractivity contribution in [1.82, 2.24) is 0 Å². The van der Waals surface area contributed by atoms with Crippen LogP contribution in [0, 0.1) is 0 Å². The normalized spacial score (nSPS) is 11.3. The average Bonchev–Trinajstić information content (AvgIpc) is 3.55. The molecule has 0 saturated carbocycles. The second-order valence-corrected chi connectivity index (χ2v) is 12.1. The van der Waals surface area contributed by atoms with Gasteiger partial charge in [0.2, 0.25) is 0 Å². The minimum absolute atomic E-state index is 0.891. The molecular weight excluding hydrogens is 583 g/mol. The van der Waals surface area contributed by atoms with E-state index in [-0.39, 0.29) is 0 Å². The molecule has 0 bridgehead atoms. The van der Waals surface area contributed by atoms with Crippen molar-refractivity contribution >= 4 is 49.8 Å². The predicted molar refractivity (Wildman–Crippen MR) is 202 cm³/mol. The summed E-state index contributed by atoms with van der Waals surface area (Å²) in [6, 6.07) is 66.9. The Morgan fingerprint density at radius 1 is 0.354 bits per heavy atom. The molecule has 9 rings (SSSR count). The van der Waals surface area contributed by atoms with Gasteiger partial charge in [0, 0.05) is 32.9 Å². The minimum atomic E-state index is 0.891. The summed E-state index contributed by atoms with van der Waals surface area (Å²) >= 11 is 0. The van der Waals surface area contributed by atoms with Crippen LogP contribution in [0.1, 0.15) is 0 Å². The van der Waals surface area contributed by atoms with Gasteiger partial charge in [-0.1, -0.05) is 152 Å². The number of hydrogen-bond acceptors (Lipinski definition) is 2. The molecule has 2 nitrogen and oxygen atoms in total. The van der Waals surface area contributed by atoms with Crippen LogP contribution in [0.25, 0.3) is 66.1 Å². The highest BCUT2D eigenvalue weighted by atomic mass is 16.3. The van der Waals surface area contributed by atoms with Gasteiger partial charge < -0.3 is 9.32 Å². The maximum Gasteiger partial charge on any atom is 0.143 e. The van der Waals surface area contributed by atoms with E-state index in [4.69, 9.17) is 4.42 Å². The zero-order chi connectivity index (χ0) is 31.9. The van der Waals surface area contributed by atoms with Crippen LogP contribution in [-0.4, -0.2) is 0 Å². The SMILES string of the molecule is c1ccc(-c2ccc(N(c3ccc(-c4ccccc4)cc3)c3cc4c5ccccc5oc4c4cccc(-c5ccccc5)c34)cc2)cc1. The van der Waals surface area contributed by atoms with Gasteiger partial charge >= 0.3 is 0 Å². The number of rotatable bonds is 6. The van der Waals surface area contributed by atoms with E-state index in [1.54, 1.807) is 0 Å². The van der Waals surface area contributed by atoms with Gasteiger partial charge in [-0.15, -0.1) is 0 Å². The number of para-hydroxylation sites is 1. The Hall–Kier alpha value is -6.38. The zero-order valence-corrected chi connectivity index (χ0v) is 26.3. The van der Waals surface area contributed by atoms with E-state index in [0.717, 1.165) is 55.3 Å². The molecule has 0 aliphatic rings. The quantitative estimate of drug-likeness (QED) is 0.185. The molecule has 9 aromatic rings. The summed E-state index contributed by atoms with van der Waals surface area (Å²) in [6.07, 6.45) is 0. The van der Waals surface area contributed by atoms with Crippen molar-refractivity contribution in [3.8, 4) is 33.4 Å². The highest BCUT2D eigenvalue weighted by Crippen LogP contribution is 2.47. The third-order valence-electron chi connectivity index (χ3n) is 9.27.